The van der Waals surface area contributed by atoms with Crippen LogP contribution in [0.1, 0.15) is 15.9 Å². The zero-order valence-electron chi connectivity index (χ0n) is 14.3. The summed E-state index contributed by atoms with van der Waals surface area (Å²) >= 11 is 3.36. The molecule has 0 atom stereocenters. The highest BCUT2D eigenvalue weighted by Crippen LogP contribution is 2.18. The second kappa shape index (κ2) is 8.75. The van der Waals surface area contributed by atoms with Crippen LogP contribution < -0.4 is 5.43 Å². The summed E-state index contributed by atoms with van der Waals surface area (Å²) in [5.74, 6) is -0.486. The third-order valence-electron chi connectivity index (χ3n) is 3.93. The van der Waals surface area contributed by atoms with Gasteiger partial charge in [-0.05, 0) is 35.9 Å². The summed E-state index contributed by atoms with van der Waals surface area (Å²) in [6.07, 6.45) is 1.51. The number of morpholine rings is 1. The predicted octanol–water partition coefficient (Wildman–Crippen LogP) is 2.23. The van der Waals surface area contributed by atoms with Crippen LogP contribution >= 0.6 is 15.9 Å². The van der Waals surface area contributed by atoms with Gasteiger partial charge in [0.25, 0.3) is 5.91 Å². The third kappa shape index (κ3) is 5.01. The molecule has 1 N–H and O–H groups in total. The Morgan fingerprint density at radius 1 is 1.15 bits per heavy atom. The average molecular weight is 452 g/mol. The summed E-state index contributed by atoms with van der Waals surface area (Å²) in [6.45, 7) is 1.33. The van der Waals surface area contributed by atoms with Crippen LogP contribution in [0.25, 0.3) is 0 Å². The number of sulfonamides is 1. The number of rotatable bonds is 5. The summed E-state index contributed by atoms with van der Waals surface area (Å²) in [5.41, 5.74) is 3.44. The molecule has 1 aliphatic rings. The van der Waals surface area contributed by atoms with Crippen molar-refractivity contribution in [3.8, 4) is 0 Å². The first-order chi connectivity index (χ1) is 13.0. The highest BCUT2D eigenvalue weighted by Gasteiger charge is 2.26. The Hall–Kier alpha value is -2.07. The van der Waals surface area contributed by atoms with Crippen molar-refractivity contribution in [3.63, 3.8) is 0 Å². The Balaban J connectivity index is 1.72. The van der Waals surface area contributed by atoms with Crippen LogP contribution in [0.4, 0.5) is 0 Å². The normalized spacial score (nSPS) is 15.7. The molecule has 0 saturated carbocycles. The molecule has 2 aromatic carbocycles. The molecule has 1 fully saturated rings. The first-order valence-electron chi connectivity index (χ1n) is 8.24. The molecule has 27 heavy (non-hydrogen) atoms. The molecule has 2 aromatic rings. The smallest absolute Gasteiger partial charge is 0.271 e. The van der Waals surface area contributed by atoms with E-state index >= 15 is 0 Å². The SMILES string of the molecule is O=C(N/N=C/c1cccc(Br)c1)c1cccc(S(=O)(=O)N2CCOCC2)c1. The van der Waals surface area contributed by atoms with Gasteiger partial charge in [0, 0.05) is 23.1 Å². The van der Waals surface area contributed by atoms with Gasteiger partial charge in [0.1, 0.15) is 0 Å². The van der Waals surface area contributed by atoms with E-state index < -0.39 is 15.9 Å². The van der Waals surface area contributed by atoms with Crippen molar-refractivity contribution < 1.29 is 17.9 Å². The average Bonchev–Trinajstić information content (AvgIpc) is 2.69. The fourth-order valence-corrected chi connectivity index (χ4v) is 4.42. The second-order valence-corrected chi connectivity index (χ2v) is 8.65. The minimum Gasteiger partial charge on any atom is -0.379 e. The first kappa shape index (κ1) is 19.7. The lowest BCUT2D eigenvalue weighted by Gasteiger charge is -2.26. The van der Waals surface area contributed by atoms with Crippen molar-refractivity contribution in [3.05, 3.63) is 64.1 Å². The lowest BCUT2D eigenvalue weighted by Crippen LogP contribution is -2.40. The highest BCUT2D eigenvalue weighted by atomic mass is 79.9. The van der Waals surface area contributed by atoms with Crippen LogP contribution in [0.5, 0.6) is 0 Å². The largest absolute Gasteiger partial charge is 0.379 e. The van der Waals surface area contributed by atoms with Crippen molar-refractivity contribution in [2.75, 3.05) is 26.3 Å². The number of hydrazone groups is 1. The van der Waals surface area contributed by atoms with Crippen LogP contribution in [-0.2, 0) is 14.8 Å². The summed E-state index contributed by atoms with van der Waals surface area (Å²) in [6, 6.07) is 13.4. The molecule has 0 radical (unpaired) electrons. The number of hydrogen-bond donors (Lipinski definition) is 1. The lowest BCUT2D eigenvalue weighted by molar-refractivity contribution is 0.0730. The first-order valence-corrected chi connectivity index (χ1v) is 10.5. The maximum Gasteiger partial charge on any atom is 0.271 e. The zero-order chi connectivity index (χ0) is 19.3. The van der Waals surface area contributed by atoms with Crippen LogP contribution in [0, 0.1) is 0 Å². The van der Waals surface area contributed by atoms with E-state index in [9.17, 15) is 13.2 Å². The van der Waals surface area contributed by atoms with E-state index in [1.165, 1.54) is 22.7 Å². The molecule has 1 amide bonds. The Bertz CT molecular complexity index is 957. The van der Waals surface area contributed by atoms with Crippen LogP contribution in [0.2, 0.25) is 0 Å². The van der Waals surface area contributed by atoms with Gasteiger partial charge < -0.3 is 4.74 Å². The predicted molar refractivity (Wildman–Crippen MR) is 105 cm³/mol. The van der Waals surface area contributed by atoms with E-state index in [-0.39, 0.29) is 10.5 Å². The van der Waals surface area contributed by atoms with Gasteiger partial charge in [-0.15, -0.1) is 0 Å². The molecule has 1 saturated heterocycles. The van der Waals surface area contributed by atoms with Crippen molar-refractivity contribution >= 4 is 38.1 Å². The van der Waals surface area contributed by atoms with E-state index in [0.29, 0.717) is 26.3 Å². The lowest BCUT2D eigenvalue weighted by atomic mass is 10.2. The molecule has 0 bridgehead atoms. The van der Waals surface area contributed by atoms with Gasteiger partial charge in [-0.25, -0.2) is 13.8 Å². The van der Waals surface area contributed by atoms with Gasteiger partial charge in [0.2, 0.25) is 10.0 Å². The molecule has 0 aliphatic carbocycles. The summed E-state index contributed by atoms with van der Waals surface area (Å²) < 4.78 is 32.8. The Morgan fingerprint density at radius 3 is 2.63 bits per heavy atom. The van der Waals surface area contributed by atoms with Gasteiger partial charge in [-0.1, -0.05) is 34.1 Å². The van der Waals surface area contributed by atoms with E-state index in [1.807, 2.05) is 24.3 Å². The maximum absolute atomic E-state index is 12.7. The van der Waals surface area contributed by atoms with E-state index in [0.717, 1.165) is 10.0 Å². The number of nitrogens with one attached hydrogen (secondary N) is 1. The van der Waals surface area contributed by atoms with E-state index in [1.54, 1.807) is 12.1 Å². The molecule has 7 nitrogen and oxygen atoms in total. The van der Waals surface area contributed by atoms with Gasteiger partial charge in [-0.2, -0.15) is 9.41 Å². The number of carbonyl (C=O) groups is 1. The van der Waals surface area contributed by atoms with Crippen LogP contribution in [0.15, 0.2) is 63.0 Å². The molecule has 1 heterocycles. The Morgan fingerprint density at radius 2 is 1.89 bits per heavy atom. The van der Waals surface area contributed by atoms with Gasteiger partial charge >= 0.3 is 0 Å². The number of carbonyl (C=O) groups excluding carboxylic acids is 1. The standard InChI is InChI=1S/C18H18BrN3O4S/c19-16-5-1-3-14(11-16)13-20-21-18(23)15-4-2-6-17(12-15)27(24,25)22-7-9-26-10-8-22/h1-6,11-13H,7-10H2,(H,21,23)/b20-13+. The molecule has 1 aliphatic heterocycles. The number of benzene rings is 2. The molecule has 9 heteroatoms. The molecule has 0 unspecified atom stereocenters. The molecule has 0 aromatic heterocycles. The van der Waals surface area contributed by atoms with Crippen LogP contribution in [0.3, 0.4) is 0 Å². The van der Waals surface area contributed by atoms with Gasteiger partial charge in [-0.3, -0.25) is 4.79 Å². The van der Waals surface area contributed by atoms with E-state index in [2.05, 4.69) is 26.5 Å². The fraction of sp³-hybridized carbons (Fsp3) is 0.222. The number of hydrogen-bond acceptors (Lipinski definition) is 5. The minimum atomic E-state index is -3.66. The van der Waals surface area contributed by atoms with Gasteiger partial charge in [0.15, 0.2) is 0 Å². The van der Waals surface area contributed by atoms with Crippen molar-refractivity contribution in [2.24, 2.45) is 5.10 Å². The molecule has 142 valence electrons. The Kier molecular flexibility index (Phi) is 6.38. The number of amides is 1. The van der Waals surface area contributed by atoms with E-state index in [4.69, 9.17) is 4.74 Å². The number of nitrogens with zero attached hydrogens (tertiary/aromatic N) is 2. The summed E-state index contributed by atoms with van der Waals surface area (Å²) in [4.78, 5) is 12.4. The Labute approximate surface area is 166 Å². The summed E-state index contributed by atoms with van der Waals surface area (Å²) in [7, 11) is -3.66. The topological polar surface area (TPSA) is 88.1 Å². The van der Waals surface area contributed by atoms with Crippen LogP contribution in [-0.4, -0.2) is 51.1 Å². The highest BCUT2D eigenvalue weighted by molar-refractivity contribution is 9.10. The molecular weight excluding hydrogens is 434 g/mol. The number of halogens is 1. The third-order valence-corrected chi connectivity index (χ3v) is 6.32. The minimum absolute atomic E-state index is 0.0769. The van der Waals surface area contributed by atoms with Crippen molar-refractivity contribution in [2.45, 2.75) is 4.90 Å². The maximum atomic E-state index is 12.7. The number of ether oxygens (including phenoxy) is 1. The zero-order valence-corrected chi connectivity index (χ0v) is 16.7. The van der Waals surface area contributed by atoms with Gasteiger partial charge in [0.05, 0.1) is 24.3 Å². The molecule has 3 rings (SSSR count). The quantitative estimate of drug-likeness (QED) is 0.557. The second-order valence-electron chi connectivity index (χ2n) is 5.80. The van der Waals surface area contributed by atoms with Crippen molar-refractivity contribution in [1.29, 1.82) is 0 Å². The molecular formula is C18H18BrN3O4S. The molecule has 0 spiro atoms. The van der Waals surface area contributed by atoms with Crippen molar-refractivity contribution in [1.82, 2.24) is 9.73 Å². The monoisotopic (exact) mass is 451 g/mol. The summed E-state index contributed by atoms with van der Waals surface area (Å²) in [5, 5.41) is 3.92. The fourth-order valence-electron chi connectivity index (χ4n) is 2.55.